The Hall–Kier alpha value is -1.29. The van der Waals surface area contributed by atoms with Gasteiger partial charge in [0.2, 0.25) is 0 Å². The van der Waals surface area contributed by atoms with Gasteiger partial charge in [-0.3, -0.25) is 0 Å². The highest BCUT2D eigenvalue weighted by atomic mass is 14.2. The largest absolute Gasteiger partial charge is 0.198 e. The average Bonchev–Trinajstić information content (AvgIpc) is 2.24. The zero-order chi connectivity index (χ0) is 12.9. The van der Waals surface area contributed by atoms with E-state index in [9.17, 15) is 0 Å². The average molecular weight is 229 g/mol. The van der Waals surface area contributed by atoms with Crippen molar-refractivity contribution in [1.82, 2.24) is 0 Å². The van der Waals surface area contributed by atoms with Gasteiger partial charge in [0.1, 0.15) is 0 Å². The first kappa shape index (κ1) is 13.8. The molecule has 1 aromatic rings. The molecular weight excluding hydrogens is 206 g/mol. The van der Waals surface area contributed by atoms with Crippen molar-refractivity contribution in [3.8, 4) is 6.07 Å². The number of hydrogen-bond acceptors (Lipinski definition) is 1. The van der Waals surface area contributed by atoms with E-state index in [1.165, 1.54) is 16.7 Å². The molecule has 0 amide bonds. The maximum atomic E-state index is 8.49. The van der Waals surface area contributed by atoms with Crippen LogP contribution >= 0.6 is 0 Å². The van der Waals surface area contributed by atoms with Crippen molar-refractivity contribution in [2.24, 2.45) is 0 Å². The number of hydrogen-bond donors (Lipinski definition) is 0. The third-order valence-corrected chi connectivity index (χ3v) is 3.19. The highest BCUT2D eigenvalue weighted by molar-refractivity contribution is 5.34. The second-order valence-electron chi connectivity index (χ2n) is 5.76. The molecule has 0 aromatic heterocycles. The van der Waals surface area contributed by atoms with E-state index in [0.717, 1.165) is 19.3 Å². The molecule has 0 bridgehead atoms. The van der Waals surface area contributed by atoms with Crippen molar-refractivity contribution in [2.45, 2.75) is 58.8 Å². The Kier molecular flexibility index (Phi) is 4.75. The van der Waals surface area contributed by atoms with Gasteiger partial charge in [-0.25, -0.2) is 0 Å². The summed E-state index contributed by atoms with van der Waals surface area (Å²) < 4.78 is 0. The van der Waals surface area contributed by atoms with Crippen molar-refractivity contribution < 1.29 is 0 Å². The maximum Gasteiger partial charge on any atom is 0.0621 e. The third kappa shape index (κ3) is 4.23. The van der Waals surface area contributed by atoms with Crippen molar-refractivity contribution in [3.63, 3.8) is 0 Å². The Labute approximate surface area is 105 Å². The van der Waals surface area contributed by atoms with Crippen LogP contribution in [0.25, 0.3) is 0 Å². The molecule has 0 spiro atoms. The molecule has 92 valence electrons. The maximum absolute atomic E-state index is 8.49. The molecule has 0 heterocycles. The molecule has 1 aromatic carbocycles. The molecule has 0 aliphatic heterocycles. The summed E-state index contributed by atoms with van der Waals surface area (Å²) in [5.74, 6) is 0. The minimum Gasteiger partial charge on any atom is -0.198 e. The molecule has 1 rings (SSSR count). The summed E-state index contributed by atoms with van der Waals surface area (Å²) in [4.78, 5) is 0. The van der Waals surface area contributed by atoms with E-state index in [1.54, 1.807) is 0 Å². The minimum absolute atomic E-state index is 0.226. The fourth-order valence-electron chi connectivity index (χ4n) is 1.96. The lowest BCUT2D eigenvalue weighted by Crippen LogP contribution is -2.11. The molecule has 0 radical (unpaired) electrons. The molecule has 17 heavy (non-hydrogen) atoms. The van der Waals surface area contributed by atoms with Crippen LogP contribution in [0.1, 0.15) is 56.7 Å². The van der Waals surface area contributed by atoms with Gasteiger partial charge in [0.25, 0.3) is 0 Å². The fraction of sp³-hybridized carbons (Fsp3) is 0.562. The van der Waals surface area contributed by atoms with E-state index < -0.39 is 0 Å². The lowest BCUT2D eigenvalue weighted by Gasteiger charge is -2.20. The second-order valence-corrected chi connectivity index (χ2v) is 5.76. The zero-order valence-corrected chi connectivity index (χ0v) is 11.5. The summed E-state index contributed by atoms with van der Waals surface area (Å²) in [7, 11) is 0. The van der Waals surface area contributed by atoms with E-state index in [4.69, 9.17) is 5.26 Å². The fourth-order valence-corrected chi connectivity index (χ4v) is 1.96. The molecule has 1 nitrogen and oxygen atoms in total. The standard InChI is InChI=1S/C16H23N/c1-13-12-15(16(2,3)4)10-9-14(13)8-6-5-7-11-17/h9-10,12H,5-8H2,1-4H3. The van der Waals surface area contributed by atoms with Gasteiger partial charge in [-0.1, -0.05) is 39.0 Å². The Bertz CT molecular complexity index is 405. The Balaban J connectivity index is 2.68. The number of benzene rings is 1. The van der Waals surface area contributed by atoms with Gasteiger partial charge in [0, 0.05) is 6.42 Å². The van der Waals surface area contributed by atoms with E-state index >= 15 is 0 Å². The van der Waals surface area contributed by atoms with E-state index in [2.05, 4.69) is 52.0 Å². The van der Waals surface area contributed by atoms with Crippen LogP contribution in [0.5, 0.6) is 0 Å². The molecule has 1 heteroatoms. The van der Waals surface area contributed by atoms with E-state index in [0.29, 0.717) is 6.42 Å². The van der Waals surface area contributed by atoms with Crippen molar-refractivity contribution in [3.05, 3.63) is 34.9 Å². The Morgan fingerprint density at radius 2 is 1.88 bits per heavy atom. The van der Waals surface area contributed by atoms with Crippen LogP contribution < -0.4 is 0 Å². The quantitative estimate of drug-likeness (QED) is 0.696. The third-order valence-electron chi connectivity index (χ3n) is 3.19. The van der Waals surface area contributed by atoms with Crippen molar-refractivity contribution >= 4 is 0 Å². The molecule has 0 aliphatic rings. The SMILES string of the molecule is Cc1cc(C(C)(C)C)ccc1CCCCC#N. The first-order chi connectivity index (χ1) is 7.95. The van der Waals surface area contributed by atoms with Crippen LogP contribution in [0, 0.1) is 18.3 Å². The highest BCUT2D eigenvalue weighted by Crippen LogP contribution is 2.25. The van der Waals surface area contributed by atoms with Crippen LogP contribution in [-0.2, 0) is 11.8 Å². The normalized spacial score (nSPS) is 11.2. The van der Waals surface area contributed by atoms with Gasteiger partial charge >= 0.3 is 0 Å². The first-order valence-electron chi connectivity index (χ1n) is 6.42. The Morgan fingerprint density at radius 1 is 1.18 bits per heavy atom. The van der Waals surface area contributed by atoms with Gasteiger partial charge in [-0.2, -0.15) is 5.26 Å². The topological polar surface area (TPSA) is 23.8 Å². The van der Waals surface area contributed by atoms with Gasteiger partial charge in [-0.05, 0) is 48.3 Å². The molecule has 0 saturated carbocycles. The minimum atomic E-state index is 0.226. The van der Waals surface area contributed by atoms with Crippen LogP contribution in [0.15, 0.2) is 18.2 Å². The summed E-state index contributed by atoms with van der Waals surface area (Å²) >= 11 is 0. The predicted octanol–water partition coefficient (Wildman–Crippen LogP) is 4.53. The monoisotopic (exact) mass is 229 g/mol. The van der Waals surface area contributed by atoms with E-state index in [1.807, 2.05) is 0 Å². The lowest BCUT2D eigenvalue weighted by atomic mass is 9.85. The predicted molar refractivity (Wildman–Crippen MR) is 73.0 cm³/mol. The summed E-state index contributed by atoms with van der Waals surface area (Å²) in [6.07, 6.45) is 3.90. The highest BCUT2D eigenvalue weighted by Gasteiger charge is 2.14. The summed E-state index contributed by atoms with van der Waals surface area (Å²) in [6.45, 7) is 8.92. The molecule has 0 fully saturated rings. The summed E-state index contributed by atoms with van der Waals surface area (Å²) in [5, 5.41) is 8.49. The first-order valence-corrected chi connectivity index (χ1v) is 6.42. The Morgan fingerprint density at radius 3 is 2.41 bits per heavy atom. The summed E-state index contributed by atoms with van der Waals surface area (Å²) in [5.41, 5.74) is 4.44. The van der Waals surface area contributed by atoms with Gasteiger partial charge in [-0.15, -0.1) is 0 Å². The molecule has 0 unspecified atom stereocenters. The number of aryl methyl sites for hydroxylation is 2. The summed E-state index contributed by atoms with van der Waals surface area (Å²) in [6, 6.07) is 9.00. The number of unbranched alkanes of at least 4 members (excludes halogenated alkanes) is 2. The smallest absolute Gasteiger partial charge is 0.0621 e. The van der Waals surface area contributed by atoms with Crippen LogP contribution in [0.3, 0.4) is 0 Å². The van der Waals surface area contributed by atoms with Crippen molar-refractivity contribution in [2.75, 3.05) is 0 Å². The van der Waals surface area contributed by atoms with Crippen LogP contribution in [-0.4, -0.2) is 0 Å². The van der Waals surface area contributed by atoms with Gasteiger partial charge in [0.15, 0.2) is 0 Å². The molecular formula is C16H23N. The zero-order valence-electron chi connectivity index (χ0n) is 11.5. The van der Waals surface area contributed by atoms with E-state index in [-0.39, 0.29) is 5.41 Å². The molecule has 0 N–H and O–H groups in total. The molecule has 0 aliphatic carbocycles. The second kappa shape index (κ2) is 5.87. The number of rotatable bonds is 4. The number of nitriles is 1. The van der Waals surface area contributed by atoms with Gasteiger partial charge < -0.3 is 0 Å². The molecule has 0 saturated heterocycles. The van der Waals surface area contributed by atoms with Gasteiger partial charge in [0.05, 0.1) is 6.07 Å². The number of nitrogens with zero attached hydrogens (tertiary/aromatic N) is 1. The van der Waals surface area contributed by atoms with Crippen molar-refractivity contribution in [1.29, 1.82) is 5.26 Å². The van der Waals surface area contributed by atoms with Crippen LogP contribution in [0.4, 0.5) is 0 Å². The lowest BCUT2D eigenvalue weighted by molar-refractivity contribution is 0.589. The van der Waals surface area contributed by atoms with Crippen LogP contribution in [0.2, 0.25) is 0 Å². The molecule has 0 atom stereocenters.